The maximum atomic E-state index is 13.6. The van der Waals surface area contributed by atoms with E-state index in [9.17, 15) is 24.3 Å². The zero-order chi connectivity index (χ0) is 27.8. The highest BCUT2D eigenvalue weighted by Crippen LogP contribution is 2.19. The van der Waals surface area contributed by atoms with Gasteiger partial charge < -0.3 is 31.4 Å². The van der Waals surface area contributed by atoms with Crippen molar-refractivity contribution in [1.82, 2.24) is 26.3 Å². The molecule has 11 heteroatoms. The van der Waals surface area contributed by atoms with Gasteiger partial charge in [-0.1, -0.05) is 48.5 Å². The molecule has 0 bridgehead atoms. The van der Waals surface area contributed by atoms with E-state index in [1.54, 1.807) is 6.20 Å². The van der Waals surface area contributed by atoms with Crippen LogP contribution in [-0.2, 0) is 32.0 Å². The Kier molecular flexibility index (Phi) is 9.61. The molecule has 4 amide bonds. The molecule has 0 aliphatic carbocycles. The van der Waals surface area contributed by atoms with E-state index >= 15 is 0 Å². The van der Waals surface area contributed by atoms with Gasteiger partial charge >= 0.3 is 0 Å². The number of carbonyl (C=O) groups is 4. The van der Waals surface area contributed by atoms with Crippen molar-refractivity contribution < 1.29 is 24.3 Å². The second kappa shape index (κ2) is 13.3. The van der Waals surface area contributed by atoms with Gasteiger partial charge in [-0.3, -0.25) is 19.2 Å². The number of amides is 4. The molecule has 4 atom stereocenters. The van der Waals surface area contributed by atoms with Gasteiger partial charge in [0.1, 0.15) is 24.2 Å². The largest absolute Gasteiger partial charge is 0.394 e. The fraction of sp³-hybridized carbons (Fsp3) is 0.357. The highest BCUT2D eigenvalue weighted by molar-refractivity contribution is 7.98. The van der Waals surface area contributed by atoms with Gasteiger partial charge in [0.05, 0.1) is 6.61 Å². The van der Waals surface area contributed by atoms with Gasteiger partial charge in [-0.2, -0.15) is 11.8 Å². The number of nitrogens with one attached hydrogen (secondary N) is 5. The molecule has 1 aliphatic rings. The molecule has 0 spiro atoms. The van der Waals surface area contributed by atoms with E-state index in [-0.39, 0.29) is 12.8 Å². The predicted octanol–water partition coefficient (Wildman–Crippen LogP) is 0.651. The van der Waals surface area contributed by atoms with Crippen LogP contribution in [0.3, 0.4) is 0 Å². The van der Waals surface area contributed by atoms with Crippen LogP contribution in [0.1, 0.15) is 17.5 Å². The van der Waals surface area contributed by atoms with Gasteiger partial charge in [0.25, 0.3) is 0 Å². The molecule has 0 radical (unpaired) electrons. The molecule has 2 heterocycles. The van der Waals surface area contributed by atoms with Gasteiger partial charge in [-0.25, -0.2) is 0 Å². The van der Waals surface area contributed by atoms with Crippen LogP contribution in [0.4, 0.5) is 0 Å². The molecule has 1 aliphatic heterocycles. The van der Waals surface area contributed by atoms with Crippen molar-refractivity contribution in [2.75, 3.05) is 18.6 Å². The number of rotatable bonds is 8. The Hall–Kier alpha value is -3.83. The Bertz CT molecular complexity index is 1310. The average molecular weight is 552 g/mol. The van der Waals surface area contributed by atoms with Crippen LogP contribution in [0.15, 0.2) is 60.8 Å². The summed E-state index contributed by atoms with van der Waals surface area (Å²) in [5, 5.41) is 21.6. The lowest BCUT2D eigenvalue weighted by Crippen LogP contribution is -2.62. The summed E-state index contributed by atoms with van der Waals surface area (Å²) in [6.45, 7) is -0.668. The van der Waals surface area contributed by atoms with Crippen molar-refractivity contribution in [3.8, 4) is 0 Å². The first-order valence-corrected chi connectivity index (χ1v) is 14.2. The van der Waals surface area contributed by atoms with Crippen molar-refractivity contribution in [3.63, 3.8) is 0 Å². The molecule has 1 saturated heterocycles. The molecule has 4 rings (SSSR count). The average Bonchev–Trinajstić information content (AvgIpc) is 3.35. The maximum Gasteiger partial charge on any atom is 0.245 e. The third kappa shape index (κ3) is 7.18. The van der Waals surface area contributed by atoms with E-state index in [1.165, 1.54) is 11.8 Å². The molecule has 10 nitrogen and oxygen atoms in total. The number of benzene rings is 2. The van der Waals surface area contributed by atoms with Crippen LogP contribution >= 0.6 is 11.8 Å². The van der Waals surface area contributed by atoms with Crippen molar-refractivity contribution >= 4 is 46.3 Å². The van der Waals surface area contributed by atoms with E-state index in [0.717, 1.165) is 22.0 Å². The number of aromatic amines is 1. The monoisotopic (exact) mass is 551 g/mol. The van der Waals surface area contributed by atoms with E-state index in [1.807, 2.05) is 60.9 Å². The smallest absolute Gasteiger partial charge is 0.245 e. The highest BCUT2D eigenvalue weighted by Gasteiger charge is 2.34. The fourth-order valence-corrected chi connectivity index (χ4v) is 5.05. The number of hydrogen-bond acceptors (Lipinski definition) is 6. The summed E-state index contributed by atoms with van der Waals surface area (Å²) in [7, 11) is 0. The summed E-state index contributed by atoms with van der Waals surface area (Å²) in [5.41, 5.74) is 2.50. The Balaban J connectivity index is 1.67. The number of H-pyrrole nitrogens is 1. The number of carbonyl (C=O) groups excluding carboxylic acids is 4. The molecule has 2 aromatic carbocycles. The highest BCUT2D eigenvalue weighted by atomic mass is 32.2. The second-order valence-corrected chi connectivity index (χ2v) is 10.4. The molecule has 1 fully saturated rings. The lowest BCUT2D eigenvalue weighted by atomic mass is 10.0. The molecular weight excluding hydrogens is 518 g/mol. The Morgan fingerprint density at radius 3 is 1.97 bits per heavy atom. The summed E-state index contributed by atoms with van der Waals surface area (Å²) in [5.74, 6) is -1.75. The summed E-state index contributed by atoms with van der Waals surface area (Å²) in [6, 6.07) is 12.5. The lowest BCUT2D eigenvalue weighted by Gasteiger charge is -2.29. The third-order valence-corrected chi connectivity index (χ3v) is 7.35. The van der Waals surface area contributed by atoms with Crippen molar-refractivity contribution in [1.29, 1.82) is 0 Å². The SMILES string of the molecule is CSCC[C@@H]1NC(=O)[C@H](Cc2ccccc2)NC(=O)[C@H](Cc2c[nH]c3ccccc23)NC(=O)[C@H](CO)NC1=O. The summed E-state index contributed by atoms with van der Waals surface area (Å²) in [4.78, 5) is 56.5. The Morgan fingerprint density at radius 2 is 1.28 bits per heavy atom. The lowest BCUT2D eigenvalue weighted by molar-refractivity contribution is -0.137. The number of aliphatic hydroxyl groups is 1. The minimum absolute atomic E-state index is 0.129. The zero-order valence-corrected chi connectivity index (χ0v) is 22.4. The van der Waals surface area contributed by atoms with Gasteiger partial charge in [0, 0.05) is 29.9 Å². The number of aliphatic hydroxyl groups excluding tert-OH is 1. The first-order valence-electron chi connectivity index (χ1n) is 12.8. The molecule has 206 valence electrons. The Labute approximate surface area is 230 Å². The van der Waals surface area contributed by atoms with E-state index in [4.69, 9.17) is 0 Å². The predicted molar refractivity (Wildman–Crippen MR) is 150 cm³/mol. The van der Waals surface area contributed by atoms with Crippen LogP contribution < -0.4 is 21.3 Å². The molecule has 3 aromatic rings. The van der Waals surface area contributed by atoms with Crippen molar-refractivity contribution in [3.05, 3.63) is 71.9 Å². The van der Waals surface area contributed by atoms with E-state index < -0.39 is 54.4 Å². The van der Waals surface area contributed by atoms with Crippen molar-refractivity contribution in [2.45, 2.75) is 43.4 Å². The minimum atomic E-state index is -1.29. The molecular formula is C28H33N5O5S. The molecule has 0 saturated carbocycles. The quantitative estimate of drug-likeness (QED) is 0.242. The Morgan fingerprint density at radius 1 is 0.718 bits per heavy atom. The standard InChI is InChI=1S/C28H33N5O5S/c1-39-12-11-21-25(35)33-24(16-34)28(38)32-23(14-18-15-29-20-10-6-5-9-19(18)20)27(37)31-22(26(36)30-21)13-17-7-3-2-4-8-17/h2-10,15,21-24,29,34H,11-14,16H2,1H3,(H,30,36)(H,31,37)(H,32,38)(H,33,35)/t21-,22-,23-,24-/m0/s1. The van der Waals surface area contributed by atoms with Gasteiger partial charge in [-0.15, -0.1) is 0 Å². The minimum Gasteiger partial charge on any atom is -0.394 e. The van der Waals surface area contributed by atoms with Gasteiger partial charge in [0.2, 0.25) is 23.6 Å². The summed E-state index contributed by atoms with van der Waals surface area (Å²) < 4.78 is 0. The van der Waals surface area contributed by atoms with Crippen LogP contribution in [0.5, 0.6) is 0 Å². The second-order valence-electron chi connectivity index (χ2n) is 9.46. The van der Waals surface area contributed by atoms with Gasteiger partial charge in [0.15, 0.2) is 0 Å². The zero-order valence-electron chi connectivity index (χ0n) is 21.6. The summed E-state index contributed by atoms with van der Waals surface area (Å²) in [6.07, 6.45) is 4.29. The third-order valence-electron chi connectivity index (χ3n) is 6.71. The molecule has 0 unspecified atom stereocenters. The van der Waals surface area contributed by atoms with E-state index in [0.29, 0.717) is 12.2 Å². The van der Waals surface area contributed by atoms with Crippen LogP contribution in [0, 0.1) is 0 Å². The van der Waals surface area contributed by atoms with Gasteiger partial charge in [-0.05, 0) is 35.6 Å². The molecule has 39 heavy (non-hydrogen) atoms. The maximum absolute atomic E-state index is 13.6. The number of hydrogen-bond donors (Lipinski definition) is 6. The van der Waals surface area contributed by atoms with Crippen molar-refractivity contribution in [2.24, 2.45) is 0 Å². The first-order chi connectivity index (χ1) is 18.9. The molecule has 1 aromatic heterocycles. The topological polar surface area (TPSA) is 152 Å². The first kappa shape index (κ1) is 28.2. The van der Waals surface area contributed by atoms with E-state index in [2.05, 4.69) is 26.3 Å². The van der Waals surface area contributed by atoms with Crippen LogP contribution in [0.25, 0.3) is 10.9 Å². The van der Waals surface area contributed by atoms with Crippen LogP contribution in [0.2, 0.25) is 0 Å². The summed E-state index contributed by atoms with van der Waals surface area (Å²) >= 11 is 1.51. The number of fused-ring (bicyclic) bond motifs is 1. The van der Waals surface area contributed by atoms with Crippen LogP contribution in [-0.4, -0.2) is 76.5 Å². The fourth-order valence-electron chi connectivity index (χ4n) is 4.58. The normalized spacial score (nSPS) is 22.7. The number of para-hydroxylation sites is 1. The number of aromatic nitrogens is 1. The number of thioether (sulfide) groups is 1. The molecule has 6 N–H and O–H groups in total.